The molecule has 4 saturated carbocycles. The van der Waals surface area contributed by atoms with Crippen LogP contribution in [0.2, 0.25) is 0 Å². The van der Waals surface area contributed by atoms with Crippen LogP contribution in [0, 0.1) is 23.6 Å². The van der Waals surface area contributed by atoms with E-state index in [1.165, 1.54) is 53.6 Å². The normalized spacial score (nSPS) is 28.3. The molecule has 4 fully saturated rings. The maximum Gasteiger partial charge on any atom is 0.271 e. The summed E-state index contributed by atoms with van der Waals surface area (Å²) in [4.78, 5) is 33.1. The number of nitrogens with zero attached hydrogens (tertiary/aromatic N) is 3. The zero-order chi connectivity index (χ0) is 21.9. The van der Waals surface area contributed by atoms with Gasteiger partial charge in [0.2, 0.25) is 5.91 Å². The highest BCUT2D eigenvalue weighted by Gasteiger charge is 2.54. The van der Waals surface area contributed by atoms with Gasteiger partial charge in [-0.1, -0.05) is 12.1 Å². The van der Waals surface area contributed by atoms with E-state index in [-0.39, 0.29) is 29.4 Å². The second-order valence-corrected chi connectivity index (χ2v) is 11.0. The van der Waals surface area contributed by atoms with Crippen LogP contribution in [0.3, 0.4) is 0 Å². The predicted molar refractivity (Wildman–Crippen MR) is 122 cm³/mol. The topological polar surface area (TPSA) is 55.2 Å². The number of halogens is 1. The number of fused-ring (bicyclic) bond motifs is 1. The molecule has 2 heterocycles. The third-order valence-electron chi connectivity index (χ3n) is 7.87. The zero-order valence-electron chi connectivity index (χ0n) is 17.9. The number of rotatable bonds is 5. The molecule has 5 nitrogen and oxygen atoms in total. The van der Waals surface area contributed by atoms with E-state index in [9.17, 15) is 14.0 Å². The highest BCUT2D eigenvalue weighted by Crippen LogP contribution is 2.58. The number of hydrogen-bond donors (Lipinski definition) is 0. The van der Waals surface area contributed by atoms with Crippen molar-refractivity contribution in [3.05, 3.63) is 63.8 Å². The lowest BCUT2D eigenvalue weighted by Crippen LogP contribution is -2.61. The predicted octanol–water partition coefficient (Wildman–Crippen LogP) is 4.59. The van der Waals surface area contributed by atoms with E-state index in [0.29, 0.717) is 34.5 Å². The molecular weight excluding hydrogens is 425 g/mol. The smallest absolute Gasteiger partial charge is 0.271 e. The molecule has 1 amide bonds. The summed E-state index contributed by atoms with van der Waals surface area (Å²) >= 11 is 1.36. The molecule has 4 aliphatic carbocycles. The van der Waals surface area contributed by atoms with Gasteiger partial charge < -0.3 is 4.90 Å². The third kappa shape index (κ3) is 3.38. The first-order valence-electron chi connectivity index (χ1n) is 11.5. The van der Waals surface area contributed by atoms with E-state index in [1.807, 2.05) is 16.3 Å². The molecule has 7 heteroatoms. The van der Waals surface area contributed by atoms with Crippen LogP contribution in [0.5, 0.6) is 0 Å². The molecule has 4 aliphatic rings. The molecule has 0 atom stereocenters. The molecule has 0 N–H and O–H groups in total. The van der Waals surface area contributed by atoms with E-state index >= 15 is 0 Å². The molecule has 166 valence electrons. The minimum Gasteiger partial charge on any atom is -0.331 e. The van der Waals surface area contributed by atoms with Crippen molar-refractivity contribution in [3.8, 4) is 0 Å². The average Bonchev–Trinajstić information content (AvgIpc) is 3.24. The highest BCUT2D eigenvalue weighted by atomic mass is 32.1. The molecule has 0 unspecified atom stereocenters. The molecule has 2 aromatic heterocycles. The number of benzene rings is 1. The fraction of sp³-hybridized carbons (Fsp3) is 0.480. The van der Waals surface area contributed by atoms with Crippen LogP contribution in [0.15, 0.2) is 46.8 Å². The SMILES string of the molecule is O=C(Cn1cnc2ccsc2c1=O)N(Cc1ccc(F)cc1)C12CC3CC(CC(C3)C1)C2. The summed E-state index contributed by atoms with van der Waals surface area (Å²) < 4.78 is 15.5. The van der Waals surface area contributed by atoms with Crippen LogP contribution in [0.4, 0.5) is 4.39 Å². The van der Waals surface area contributed by atoms with E-state index in [2.05, 4.69) is 4.98 Å². The Balaban J connectivity index is 1.35. The largest absolute Gasteiger partial charge is 0.331 e. The lowest BCUT2D eigenvalue weighted by atomic mass is 9.52. The quantitative estimate of drug-likeness (QED) is 0.570. The number of thiophene rings is 1. The minimum atomic E-state index is -0.275. The van der Waals surface area contributed by atoms with Crippen LogP contribution in [-0.2, 0) is 17.9 Å². The van der Waals surface area contributed by atoms with Gasteiger partial charge in [0.25, 0.3) is 5.56 Å². The van der Waals surface area contributed by atoms with Crippen molar-refractivity contribution >= 4 is 27.5 Å². The van der Waals surface area contributed by atoms with E-state index < -0.39 is 0 Å². The van der Waals surface area contributed by atoms with E-state index in [1.54, 1.807) is 12.1 Å². The van der Waals surface area contributed by atoms with Crippen molar-refractivity contribution in [2.45, 2.75) is 57.2 Å². The van der Waals surface area contributed by atoms with Crippen molar-refractivity contribution in [1.82, 2.24) is 14.5 Å². The number of amides is 1. The summed E-state index contributed by atoms with van der Waals surface area (Å²) in [7, 11) is 0. The van der Waals surface area contributed by atoms with Crippen molar-refractivity contribution in [2.24, 2.45) is 17.8 Å². The Labute approximate surface area is 189 Å². The Hall–Kier alpha value is -2.54. The summed E-state index contributed by atoms with van der Waals surface area (Å²) in [6.07, 6.45) is 8.49. The second kappa shape index (κ2) is 7.51. The Morgan fingerprint density at radius 3 is 2.41 bits per heavy atom. The molecule has 0 aliphatic heterocycles. The minimum absolute atomic E-state index is 0.0113. The van der Waals surface area contributed by atoms with Gasteiger partial charge in [0, 0.05) is 12.1 Å². The average molecular weight is 452 g/mol. The van der Waals surface area contributed by atoms with Crippen LogP contribution >= 0.6 is 11.3 Å². The zero-order valence-corrected chi connectivity index (χ0v) is 18.7. The molecule has 4 bridgehead atoms. The first-order valence-corrected chi connectivity index (χ1v) is 12.3. The molecule has 0 spiro atoms. The number of carbonyl (C=O) groups is 1. The van der Waals surface area contributed by atoms with E-state index in [0.717, 1.165) is 24.8 Å². The van der Waals surface area contributed by atoms with E-state index in [4.69, 9.17) is 0 Å². The van der Waals surface area contributed by atoms with Gasteiger partial charge in [-0.05, 0) is 85.4 Å². The maximum atomic E-state index is 13.8. The Kier molecular flexibility index (Phi) is 4.72. The molecule has 0 radical (unpaired) electrons. The Bertz CT molecular complexity index is 1200. The van der Waals surface area contributed by atoms with Gasteiger partial charge in [0.05, 0.1) is 11.8 Å². The van der Waals surface area contributed by atoms with Crippen molar-refractivity contribution in [3.63, 3.8) is 0 Å². The fourth-order valence-corrected chi connectivity index (χ4v) is 7.70. The van der Waals surface area contributed by atoms with Gasteiger partial charge in [-0.3, -0.25) is 14.2 Å². The van der Waals surface area contributed by atoms with Crippen molar-refractivity contribution in [2.75, 3.05) is 0 Å². The van der Waals surface area contributed by atoms with Gasteiger partial charge in [-0.2, -0.15) is 0 Å². The van der Waals surface area contributed by atoms with Gasteiger partial charge in [0.15, 0.2) is 0 Å². The van der Waals surface area contributed by atoms with Crippen molar-refractivity contribution < 1.29 is 9.18 Å². The first-order chi connectivity index (χ1) is 15.5. The van der Waals surface area contributed by atoms with Crippen LogP contribution < -0.4 is 5.56 Å². The molecule has 32 heavy (non-hydrogen) atoms. The number of carbonyl (C=O) groups excluding carboxylic acids is 1. The van der Waals surface area contributed by atoms with Gasteiger partial charge in [-0.25, -0.2) is 9.37 Å². The standard InChI is InChI=1S/C25H26FN3O2S/c26-20-3-1-16(2-4-20)13-29(25-10-17-7-18(11-25)9-19(8-17)12-25)22(30)14-28-15-27-21-5-6-32-23(21)24(28)31/h1-6,15,17-19H,7-14H2. The molecule has 3 aromatic rings. The molecule has 0 saturated heterocycles. The lowest BCUT2D eigenvalue weighted by molar-refractivity contribution is -0.153. The monoisotopic (exact) mass is 451 g/mol. The molecular formula is C25H26FN3O2S. The number of aromatic nitrogens is 2. The highest BCUT2D eigenvalue weighted by molar-refractivity contribution is 7.17. The third-order valence-corrected chi connectivity index (χ3v) is 8.77. The van der Waals surface area contributed by atoms with Crippen molar-refractivity contribution in [1.29, 1.82) is 0 Å². The van der Waals surface area contributed by atoms with Gasteiger partial charge >= 0.3 is 0 Å². The van der Waals surface area contributed by atoms with Gasteiger partial charge in [-0.15, -0.1) is 11.3 Å². The van der Waals surface area contributed by atoms with Crippen LogP contribution in [0.25, 0.3) is 10.2 Å². The first kappa shape index (κ1) is 20.1. The lowest BCUT2D eigenvalue weighted by Gasteiger charge is -2.60. The number of hydrogen-bond acceptors (Lipinski definition) is 4. The Morgan fingerprint density at radius 2 is 1.75 bits per heavy atom. The summed E-state index contributed by atoms with van der Waals surface area (Å²) in [5.41, 5.74) is 1.29. The fourth-order valence-electron chi connectivity index (χ4n) is 6.91. The summed E-state index contributed by atoms with van der Waals surface area (Å²) in [5.74, 6) is 1.75. The van der Waals surface area contributed by atoms with Crippen LogP contribution in [0.1, 0.15) is 44.1 Å². The summed E-state index contributed by atoms with van der Waals surface area (Å²) in [6, 6.07) is 8.26. The molecule has 1 aromatic carbocycles. The molecule has 7 rings (SSSR count). The summed E-state index contributed by atoms with van der Waals surface area (Å²) in [5, 5.41) is 1.85. The Morgan fingerprint density at radius 1 is 1.09 bits per heavy atom. The van der Waals surface area contributed by atoms with Crippen LogP contribution in [-0.4, -0.2) is 25.9 Å². The van der Waals surface area contributed by atoms with Gasteiger partial charge in [0.1, 0.15) is 17.1 Å². The second-order valence-electron chi connectivity index (χ2n) is 10.1. The summed E-state index contributed by atoms with van der Waals surface area (Å²) in [6.45, 7) is 0.442. The maximum absolute atomic E-state index is 13.8.